The van der Waals surface area contributed by atoms with Crippen LogP contribution >= 0.6 is 22.7 Å². The van der Waals surface area contributed by atoms with Gasteiger partial charge in [0.1, 0.15) is 10.6 Å². The number of rotatable bonds is 2. The molecule has 0 aliphatic carbocycles. The number of anilines is 1. The van der Waals surface area contributed by atoms with Crippen LogP contribution < -0.4 is 11.3 Å². The van der Waals surface area contributed by atoms with E-state index in [2.05, 4.69) is 4.98 Å². The van der Waals surface area contributed by atoms with Gasteiger partial charge in [0.25, 0.3) is 5.56 Å². The first-order valence-corrected chi connectivity index (χ1v) is 7.40. The molecule has 0 saturated heterocycles. The number of ether oxygens (including phenoxy) is 1. The summed E-state index contributed by atoms with van der Waals surface area (Å²) in [7, 11) is 0. The van der Waals surface area contributed by atoms with Crippen molar-refractivity contribution in [2.75, 3.05) is 12.3 Å². The van der Waals surface area contributed by atoms with E-state index in [0.29, 0.717) is 20.5 Å². The second-order valence-electron chi connectivity index (χ2n) is 4.05. The van der Waals surface area contributed by atoms with Crippen LogP contribution in [-0.2, 0) is 4.74 Å². The van der Waals surface area contributed by atoms with E-state index in [1.54, 1.807) is 6.92 Å². The van der Waals surface area contributed by atoms with Crippen LogP contribution in [0.2, 0.25) is 0 Å². The van der Waals surface area contributed by atoms with E-state index in [-0.39, 0.29) is 18.0 Å². The maximum absolute atomic E-state index is 11.8. The molecule has 8 heteroatoms. The molecule has 0 fully saturated rings. The maximum atomic E-state index is 11.8. The van der Waals surface area contributed by atoms with Crippen molar-refractivity contribution < 1.29 is 14.6 Å². The Balaban J connectivity index is 2.34. The van der Waals surface area contributed by atoms with Gasteiger partial charge in [-0.25, -0.2) is 4.79 Å². The van der Waals surface area contributed by atoms with E-state index in [9.17, 15) is 14.7 Å². The van der Waals surface area contributed by atoms with Crippen LogP contribution in [0.1, 0.15) is 16.6 Å². The lowest BCUT2D eigenvalue weighted by Gasteiger charge is -2.00. The highest BCUT2D eigenvalue weighted by atomic mass is 32.2. The summed E-state index contributed by atoms with van der Waals surface area (Å²) in [6.07, 6.45) is 0. The molecule has 20 heavy (non-hydrogen) atoms. The summed E-state index contributed by atoms with van der Waals surface area (Å²) < 4.78 is 6.25. The number of hydrogen-bond donors (Lipinski definition) is 3. The number of carbonyl (C=O) groups excluding carboxylic acids is 1. The Labute approximate surface area is 120 Å². The molecular formula is C12H10N2O4S2. The SMILES string of the molecule is CCOC(=O)c1sc2sc3c(O)cc(=O)[nH]c3c2c1N. The second kappa shape index (κ2) is 4.50. The lowest BCUT2D eigenvalue weighted by atomic mass is 10.2. The van der Waals surface area contributed by atoms with Gasteiger partial charge in [0.15, 0.2) is 0 Å². The normalized spacial score (nSPS) is 11.2. The van der Waals surface area contributed by atoms with Crippen molar-refractivity contribution in [1.82, 2.24) is 4.98 Å². The molecule has 0 aliphatic rings. The number of carbonyl (C=O) groups is 1. The minimum Gasteiger partial charge on any atom is -0.506 e. The molecule has 0 aromatic carbocycles. The average molecular weight is 310 g/mol. The van der Waals surface area contributed by atoms with Crippen molar-refractivity contribution in [3.05, 3.63) is 21.3 Å². The summed E-state index contributed by atoms with van der Waals surface area (Å²) >= 11 is 2.48. The van der Waals surface area contributed by atoms with Gasteiger partial charge < -0.3 is 20.6 Å². The number of aromatic nitrogens is 1. The Morgan fingerprint density at radius 3 is 2.95 bits per heavy atom. The van der Waals surface area contributed by atoms with Crippen molar-refractivity contribution in [2.45, 2.75) is 6.92 Å². The molecule has 0 spiro atoms. The molecule has 0 saturated carbocycles. The van der Waals surface area contributed by atoms with E-state index in [0.717, 1.165) is 10.1 Å². The van der Waals surface area contributed by atoms with Gasteiger partial charge in [-0.1, -0.05) is 0 Å². The molecule has 104 valence electrons. The first kappa shape index (κ1) is 12.9. The minimum atomic E-state index is -0.478. The zero-order valence-corrected chi connectivity index (χ0v) is 12.0. The predicted octanol–water partition coefficient (Wildman–Crippen LogP) is 2.27. The summed E-state index contributed by atoms with van der Waals surface area (Å²) in [4.78, 5) is 26.2. The molecule has 6 nitrogen and oxygen atoms in total. The van der Waals surface area contributed by atoms with Crippen LogP contribution in [0.15, 0.2) is 10.9 Å². The molecule has 0 aliphatic heterocycles. The Morgan fingerprint density at radius 1 is 1.50 bits per heavy atom. The van der Waals surface area contributed by atoms with E-state index < -0.39 is 11.5 Å². The zero-order valence-electron chi connectivity index (χ0n) is 10.4. The van der Waals surface area contributed by atoms with Gasteiger partial charge in [0.2, 0.25) is 0 Å². The monoisotopic (exact) mass is 310 g/mol. The van der Waals surface area contributed by atoms with Crippen molar-refractivity contribution >= 4 is 53.9 Å². The van der Waals surface area contributed by atoms with Gasteiger partial charge >= 0.3 is 5.97 Å². The molecule has 0 radical (unpaired) electrons. The summed E-state index contributed by atoms with van der Waals surface area (Å²) in [5, 5.41) is 10.4. The van der Waals surface area contributed by atoms with Crippen LogP contribution in [-0.4, -0.2) is 22.7 Å². The number of pyridine rings is 1. The van der Waals surface area contributed by atoms with Crippen LogP contribution in [0.4, 0.5) is 5.69 Å². The highest BCUT2D eigenvalue weighted by molar-refractivity contribution is 7.42. The van der Waals surface area contributed by atoms with Gasteiger partial charge in [-0.05, 0) is 6.92 Å². The van der Waals surface area contributed by atoms with Gasteiger partial charge in [0.05, 0.1) is 31.9 Å². The van der Waals surface area contributed by atoms with E-state index in [4.69, 9.17) is 10.5 Å². The van der Waals surface area contributed by atoms with Crippen LogP contribution in [0.5, 0.6) is 5.75 Å². The van der Waals surface area contributed by atoms with E-state index in [1.807, 2.05) is 0 Å². The van der Waals surface area contributed by atoms with Crippen molar-refractivity contribution in [3.8, 4) is 5.75 Å². The van der Waals surface area contributed by atoms with E-state index >= 15 is 0 Å². The summed E-state index contributed by atoms with van der Waals surface area (Å²) in [6, 6.07) is 1.12. The molecule has 3 aromatic rings. The van der Waals surface area contributed by atoms with Crippen molar-refractivity contribution in [2.24, 2.45) is 0 Å². The number of H-pyrrole nitrogens is 1. The number of nitrogens with one attached hydrogen (secondary N) is 1. The van der Waals surface area contributed by atoms with Gasteiger partial charge in [-0.2, -0.15) is 0 Å². The smallest absolute Gasteiger partial charge is 0.350 e. The van der Waals surface area contributed by atoms with Gasteiger partial charge in [-0.3, -0.25) is 4.79 Å². The topological polar surface area (TPSA) is 105 Å². The molecule has 3 heterocycles. The summed E-state index contributed by atoms with van der Waals surface area (Å²) in [5.41, 5.74) is 6.31. The molecule has 3 aromatic heterocycles. The number of nitrogens with two attached hydrogens (primary N) is 1. The number of aromatic amines is 1. The number of aromatic hydroxyl groups is 1. The maximum Gasteiger partial charge on any atom is 0.350 e. The van der Waals surface area contributed by atoms with Gasteiger partial charge in [-0.15, -0.1) is 22.7 Å². The highest BCUT2D eigenvalue weighted by Crippen LogP contribution is 2.45. The third kappa shape index (κ3) is 1.76. The number of esters is 1. The first-order chi connectivity index (χ1) is 9.52. The van der Waals surface area contributed by atoms with Crippen molar-refractivity contribution in [1.29, 1.82) is 0 Å². The fourth-order valence-corrected chi connectivity index (χ4v) is 4.42. The first-order valence-electron chi connectivity index (χ1n) is 5.76. The third-order valence-electron chi connectivity index (χ3n) is 2.79. The molecule has 4 N–H and O–H groups in total. The van der Waals surface area contributed by atoms with Crippen LogP contribution in [0, 0.1) is 0 Å². The van der Waals surface area contributed by atoms with Gasteiger partial charge in [0, 0.05) is 6.07 Å². The molecule has 0 bridgehead atoms. The third-order valence-corrected chi connectivity index (χ3v) is 5.28. The van der Waals surface area contributed by atoms with Crippen molar-refractivity contribution in [3.63, 3.8) is 0 Å². The predicted molar refractivity (Wildman–Crippen MR) is 79.9 cm³/mol. The summed E-state index contributed by atoms with van der Waals surface area (Å²) in [5.74, 6) is -0.566. The Hall–Kier alpha value is -2.06. The fraction of sp³-hybridized carbons (Fsp3) is 0.167. The summed E-state index contributed by atoms with van der Waals surface area (Å²) in [6.45, 7) is 1.98. The Kier molecular flexibility index (Phi) is 2.91. The Bertz CT molecular complexity index is 890. The molecule has 3 rings (SSSR count). The standard InChI is InChI=1S/C12H10N2O4S2/c1-2-18-11(17)10-7(13)6-8-9(19-12(6)20-10)4(15)3-5(16)14-8/h3H,2,13H2,1H3,(H2,14,15,16). The fourth-order valence-electron chi connectivity index (χ4n) is 1.98. The number of hydrogen-bond acceptors (Lipinski definition) is 7. The number of fused-ring (bicyclic) bond motifs is 3. The quantitative estimate of drug-likeness (QED) is 0.630. The molecule has 0 atom stereocenters. The number of thiophene rings is 2. The highest BCUT2D eigenvalue weighted by Gasteiger charge is 2.22. The van der Waals surface area contributed by atoms with Crippen LogP contribution in [0.3, 0.4) is 0 Å². The van der Waals surface area contributed by atoms with E-state index in [1.165, 1.54) is 22.7 Å². The minimum absolute atomic E-state index is 0.0887. The van der Waals surface area contributed by atoms with Crippen LogP contribution in [0.25, 0.3) is 19.6 Å². The number of nitrogen functional groups attached to an aromatic ring is 1. The zero-order chi connectivity index (χ0) is 14.4. The lowest BCUT2D eigenvalue weighted by Crippen LogP contribution is -2.05. The second-order valence-corrected chi connectivity index (χ2v) is 6.35. The Morgan fingerprint density at radius 2 is 2.25 bits per heavy atom. The molecule has 0 unspecified atom stereocenters. The molecule has 0 amide bonds. The lowest BCUT2D eigenvalue weighted by molar-refractivity contribution is 0.0533. The average Bonchev–Trinajstić information content (AvgIpc) is 2.88. The molecular weight excluding hydrogens is 300 g/mol. The largest absolute Gasteiger partial charge is 0.506 e.